The number of carbonyl (C=O) groups is 2. The van der Waals surface area contributed by atoms with Crippen molar-refractivity contribution in [1.29, 1.82) is 0 Å². The Labute approximate surface area is 329 Å². The molecule has 55 heavy (non-hydrogen) atoms. The molecule has 4 aromatic carbocycles. The fourth-order valence-electron chi connectivity index (χ4n) is 5.33. The first kappa shape index (κ1) is 37.4. The van der Waals surface area contributed by atoms with Crippen LogP contribution >= 0.6 is 45.9 Å². The number of amides is 1. The van der Waals surface area contributed by atoms with Gasteiger partial charge >= 0.3 is 5.97 Å². The Morgan fingerprint density at radius 3 is 1.60 bits per heavy atom. The van der Waals surface area contributed by atoms with Crippen LogP contribution in [0.25, 0.3) is 43.3 Å². The molecule has 0 bridgehead atoms. The second kappa shape index (κ2) is 16.2. The predicted octanol–water partition coefficient (Wildman–Crippen LogP) is 8.08. The number of hydrogen-bond donors (Lipinski definition) is 1. The van der Waals surface area contributed by atoms with E-state index in [1.165, 1.54) is 24.5 Å². The zero-order valence-electron chi connectivity index (χ0n) is 29.0. The molecular weight excluding hydrogens is 789 g/mol. The molecular formula is C37H27Cl2N7O7S2. The monoisotopic (exact) mass is 815 g/mol. The van der Waals surface area contributed by atoms with Crippen molar-refractivity contribution in [1.82, 2.24) is 30.4 Å². The van der Waals surface area contributed by atoms with Crippen LogP contribution in [0.2, 0.25) is 10.0 Å². The van der Waals surface area contributed by atoms with Crippen molar-refractivity contribution in [2.45, 2.75) is 12.8 Å². The summed E-state index contributed by atoms with van der Waals surface area (Å²) in [6.07, 6.45) is 0.790. The van der Waals surface area contributed by atoms with Gasteiger partial charge in [-0.15, -0.1) is 43.1 Å². The number of fused-ring (bicyclic) bond motifs is 2. The third kappa shape index (κ3) is 8.12. The number of hydrogen-bond acceptors (Lipinski definition) is 15. The zero-order valence-corrected chi connectivity index (χ0v) is 32.2. The summed E-state index contributed by atoms with van der Waals surface area (Å²) in [6, 6.07) is 21.2. The lowest BCUT2D eigenvalue weighted by molar-refractivity contribution is 0.0600. The Morgan fingerprint density at radius 1 is 0.673 bits per heavy atom. The van der Waals surface area contributed by atoms with Gasteiger partial charge in [0.05, 0.1) is 64.7 Å². The first-order valence-corrected chi connectivity index (χ1v) is 18.5. The number of nitrogens with zero attached hydrogens (tertiary/aromatic N) is 6. The molecule has 8 aromatic rings. The Morgan fingerprint density at radius 2 is 1.15 bits per heavy atom. The van der Waals surface area contributed by atoms with Crippen molar-refractivity contribution < 1.29 is 32.6 Å². The molecule has 0 atom stereocenters. The first-order valence-electron chi connectivity index (χ1n) is 16.1. The summed E-state index contributed by atoms with van der Waals surface area (Å²) < 4.78 is 28.9. The van der Waals surface area contributed by atoms with Crippen LogP contribution in [0.3, 0.4) is 0 Å². The number of rotatable bonds is 10. The summed E-state index contributed by atoms with van der Waals surface area (Å²) in [5, 5.41) is 18.5. The van der Waals surface area contributed by atoms with E-state index in [0.29, 0.717) is 40.8 Å². The van der Waals surface area contributed by atoms with Gasteiger partial charge in [0.25, 0.3) is 0 Å². The van der Waals surface area contributed by atoms with E-state index < -0.39 is 11.9 Å². The van der Waals surface area contributed by atoms with Gasteiger partial charge in [-0.3, -0.25) is 4.79 Å². The quantitative estimate of drug-likeness (QED) is 0.130. The van der Waals surface area contributed by atoms with Crippen molar-refractivity contribution in [3.05, 3.63) is 116 Å². The molecule has 0 radical (unpaired) electrons. The van der Waals surface area contributed by atoms with Gasteiger partial charge in [-0.25, -0.2) is 14.8 Å². The smallest absolute Gasteiger partial charge is 0.339 e. The lowest BCUT2D eigenvalue weighted by atomic mass is 10.1. The molecule has 18 heteroatoms. The van der Waals surface area contributed by atoms with Gasteiger partial charge in [-0.05, 0) is 60.7 Å². The van der Waals surface area contributed by atoms with Crippen LogP contribution in [0.15, 0.2) is 81.6 Å². The van der Waals surface area contributed by atoms with E-state index in [1.54, 1.807) is 55.9 Å². The minimum atomic E-state index is -0.620. The summed E-state index contributed by atoms with van der Waals surface area (Å²) in [5.41, 5.74) is 8.52. The predicted molar refractivity (Wildman–Crippen MR) is 207 cm³/mol. The standard InChI is InChI=1S/C19H14ClN3O4S.C18H13ClN4O3S/c1-25-13-4-3-5-14-17(13)21-16(28-14)9-15-22-23-18(27-15)10-6-7-12(20)11(8-10)19(24)26-2;1-25-12-3-2-4-13-16(12)21-15(27-13)8-14-22-23-18(26-14)9-5-6-11(19)10(7-9)17(20)24/h3-8H,9H2,1-2H3;2-7H,8H2,1H3,(H2,20,24). The summed E-state index contributed by atoms with van der Waals surface area (Å²) in [5.74, 6) is 1.70. The number of ether oxygens (including phenoxy) is 3. The lowest BCUT2D eigenvalue weighted by Gasteiger charge is -2.03. The number of halogens is 2. The topological polar surface area (TPSA) is 191 Å². The molecule has 0 saturated carbocycles. The number of benzene rings is 4. The summed E-state index contributed by atoms with van der Waals surface area (Å²) in [6.45, 7) is 0. The van der Waals surface area contributed by atoms with Crippen LogP contribution < -0.4 is 15.2 Å². The number of aromatic nitrogens is 6. The molecule has 4 heterocycles. The molecule has 0 fully saturated rings. The van der Waals surface area contributed by atoms with Crippen LogP contribution in [0.4, 0.5) is 0 Å². The number of thiazole rings is 2. The maximum atomic E-state index is 11.8. The highest BCUT2D eigenvalue weighted by Gasteiger charge is 2.18. The summed E-state index contributed by atoms with van der Waals surface area (Å²) >= 11 is 15.1. The van der Waals surface area contributed by atoms with Crippen LogP contribution in [0, 0.1) is 0 Å². The number of carbonyl (C=O) groups excluding carboxylic acids is 2. The van der Waals surface area contributed by atoms with Gasteiger partial charge in [0, 0.05) is 11.1 Å². The molecule has 278 valence electrons. The van der Waals surface area contributed by atoms with Crippen molar-refractivity contribution in [3.63, 3.8) is 0 Å². The number of para-hydroxylation sites is 2. The number of methoxy groups -OCH3 is 3. The minimum absolute atomic E-state index is 0.201. The molecule has 4 aromatic heterocycles. The maximum absolute atomic E-state index is 11.8. The van der Waals surface area contributed by atoms with Crippen molar-refractivity contribution >= 4 is 78.2 Å². The highest BCUT2D eigenvalue weighted by atomic mass is 35.5. The van der Waals surface area contributed by atoms with Gasteiger partial charge in [0.1, 0.15) is 32.5 Å². The zero-order chi connectivity index (χ0) is 38.6. The van der Waals surface area contributed by atoms with Crippen LogP contribution in [0.1, 0.15) is 42.5 Å². The largest absolute Gasteiger partial charge is 0.494 e. The second-order valence-electron chi connectivity index (χ2n) is 11.4. The van der Waals surface area contributed by atoms with E-state index >= 15 is 0 Å². The Bertz CT molecular complexity index is 2690. The third-order valence-corrected chi connectivity index (χ3v) is 10.6. The van der Waals surface area contributed by atoms with Crippen molar-refractivity contribution in [2.75, 3.05) is 21.3 Å². The van der Waals surface area contributed by atoms with Crippen molar-refractivity contribution in [2.24, 2.45) is 5.73 Å². The maximum Gasteiger partial charge on any atom is 0.339 e. The van der Waals surface area contributed by atoms with Crippen LogP contribution in [-0.4, -0.2) is 63.6 Å². The molecule has 8 rings (SSSR count). The highest BCUT2D eigenvalue weighted by molar-refractivity contribution is 7.19. The van der Waals surface area contributed by atoms with E-state index in [9.17, 15) is 9.59 Å². The van der Waals surface area contributed by atoms with Gasteiger partial charge < -0.3 is 28.8 Å². The number of esters is 1. The molecule has 14 nitrogen and oxygen atoms in total. The Kier molecular flexibility index (Phi) is 11.0. The molecule has 0 aliphatic heterocycles. The Hall–Kier alpha value is -5.94. The van der Waals surface area contributed by atoms with E-state index in [2.05, 4.69) is 30.4 Å². The molecule has 0 aliphatic carbocycles. The lowest BCUT2D eigenvalue weighted by Crippen LogP contribution is -2.11. The van der Waals surface area contributed by atoms with Crippen molar-refractivity contribution in [3.8, 4) is 34.4 Å². The third-order valence-electron chi connectivity index (χ3n) is 7.93. The summed E-state index contributed by atoms with van der Waals surface area (Å²) in [7, 11) is 4.53. The van der Waals surface area contributed by atoms with E-state index in [1.807, 2.05) is 36.4 Å². The molecule has 1 amide bonds. The number of primary amides is 1. The minimum Gasteiger partial charge on any atom is -0.494 e. The number of nitrogens with two attached hydrogens (primary N) is 1. The van der Waals surface area contributed by atoms with E-state index in [-0.39, 0.29) is 27.9 Å². The van der Waals surface area contributed by atoms with Gasteiger partial charge in [-0.2, -0.15) is 0 Å². The van der Waals surface area contributed by atoms with E-state index in [4.69, 9.17) is 52.0 Å². The van der Waals surface area contributed by atoms with Crippen LogP contribution in [0.5, 0.6) is 11.5 Å². The molecule has 0 spiro atoms. The van der Waals surface area contributed by atoms with E-state index in [0.717, 1.165) is 41.9 Å². The molecule has 0 unspecified atom stereocenters. The van der Waals surface area contributed by atoms with Gasteiger partial charge in [-0.1, -0.05) is 35.3 Å². The highest BCUT2D eigenvalue weighted by Crippen LogP contribution is 2.33. The van der Waals surface area contributed by atoms with Gasteiger partial charge in [0.15, 0.2) is 0 Å². The van der Waals surface area contributed by atoms with Crippen LogP contribution in [-0.2, 0) is 17.6 Å². The molecule has 2 N–H and O–H groups in total. The van der Waals surface area contributed by atoms with Gasteiger partial charge in [0.2, 0.25) is 29.5 Å². The normalized spacial score (nSPS) is 11.0. The molecule has 0 saturated heterocycles. The summed E-state index contributed by atoms with van der Waals surface area (Å²) in [4.78, 5) is 32.5. The second-order valence-corrected chi connectivity index (χ2v) is 14.5. The average Bonchev–Trinajstić information content (AvgIpc) is 4.02. The SMILES string of the molecule is COC(=O)c1cc(-c2nnc(Cc3nc4c(OC)cccc4s3)o2)ccc1Cl.COc1cccc2sc(Cc3nnc(-c4ccc(Cl)c(C(N)=O)c4)o3)nc12. The fourth-order valence-corrected chi connectivity index (χ4v) is 7.69. The molecule has 0 aliphatic rings. The Balaban J connectivity index is 0.000000169. The average molecular weight is 817 g/mol. The first-order chi connectivity index (χ1) is 26.6. The fraction of sp³-hybridized carbons (Fsp3) is 0.135.